The van der Waals surface area contributed by atoms with Crippen molar-refractivity contribution in [2.75, 3.05) is 33.9 Å². The molecule has 1 aromatic rings. The van der Waals surface area contributed by atoms with E-state index in [2.05, 4.69) is 10.6 Å². The van der Waals surface area contributed by atoms with Gasteiger partial charge in [-0.25, -0.2) is 0 Å². The average molecular weight is 405 g/mol. The summed E-state index contributed by atoms with van der Waals surface area (Å²) < 4.78 is 10.4. The molecule has 160 valence electrons. The smallest absolute Gasteiger partial charge is 0.225 e. The maximum atomic E-state index is 12.3. The number of methoxy groups -OCH3 is 2. The fraction of sp³-hybridized carbons (Fsp3) is 0.571. The molecule has 2 rings (SSSR count). The molecule has 1 aliphatic heterocycles. The van der Waals surface area contributed by atoms with Gasteiger partial charge < -0.3 is 25.0 Å². The third-order valence-corrected chi connectivity index (χ3v) is 4.86. The third kappa shape index (κ3) is 6.10. The lowest BCUT2D eigenvalue weighted by Crippen LogP contribution is -2.43. The summed E-state index contributed by atoms with van der Waals surface area (Å²) in [4.78, 5) is 38.2. The Balaban J connectivity index is 1.73. The van der Waals surface area contributed by atoms with Gasteiger partial charge in [0.05, 0.1) is 26.6 Å². The maximum absolute atomic E-state index is 12.3. The number of nitrogens with zero attached hydrogens (tertiary/aromatic N) is 1. The normalized spacial score (nSPS) is 16.5. The first-order valence-electron chi connectivity index (χ1n) is 9.71. The van der Waals surface area contributed by atoms with E-state index in [1.54, 1.807) is 37.3 Å². The predicted molar refractivity (Wildman–Crippen MR) is 109 cm³/mol. The standard InChI is InChI=1S/C21H31N3O5/c1-21(2,3)24-13-15(12-19(24)26)20(27)23-9-8-22-18(25)11-14-6-7-16(28-4)17(10-14)29-5/h6-7,10,15H,8-9,11-13H2,1-5H3,(H,22,25)(H,23,27). The molecule has 8 heteroatoms. The molecule has 3 amide bonds. The molecule has 1 heterocycles. The number of ether oxygens (including phenoxy) is 2. The highest BCUT2D eigenvalue weighted by molar-refractivity contribution is 5.89. The van der Waals surface area contributed by atoms with Gasteiger partial charge in [0.25, 0.3) is 0 Å². The molecule has 0 saturated carbocycles. The van der Waals surface area contributed by atoms with Crippen LogP contribution in [0.3, 0.4) is 0 Å². The minimum Gasteiger partial charge on any atom is -0.493 e. The monoisotopic (exact) mass is 405 g/mol. The summed E-state index contributed by atoms with van der Waals surface area (Å²) >= 11 is 0. The van der Waals surface area contributed by atoms with E-state index in [9.17, 15) is 14.4 Å². The van der Waals surface area contributed by atoms with Crippen molar-refractivity contribution < 1.29 is 23.9 Å². The van der Waals surface area contributed by atoms with Crippen LogP contribution in [0.2, 0.25) is 0 Å². The van der Waals surface area contributed by atoms with Crippen LogP contribution in [0.5, 0.6) is 11.5 Å². The second-order valence-electron chi connectivity index (χ2n) is 8.08. The molecule has 29 heavy (non-hydrogen) atoms. The van der Waals surface area contributed by atoms with Gasteiger partial charge in [0, 0.05) is 31.6 Å². The van der Waals surface area contributed by atoms with Crippen LogP contribution < -0.4 is 20.1 Å². The first kappa shape index (κ1) is 22.5. The number of amides is 3. The summed E-state index contributed by atoms with van der Waals surface area (Å²) in [7, 11) is 3.10. The Bertz CT molecular complexity index is 757. The van der Waals surface area contributed by atoms with E-state index in [1.165, 1.54) is 0 Å². The molecule has 1 saturated heterocycles. The van der Waals surface area contributed by atoms with Gasteiger partial charge in [-0.15, -0.1) is 0 Å². The van der Waals surface area contributed by atoms with E-state index in [4.69, 9.17) is 9.47 Å². The molecule has 2 N–H and O–H groups in total. The topological polar surface area (TPSA) is 97.0 Å². The van der Waals surface area contributed by atoms with Gasteiger partial charge >= 0.3 is 0 Å². The van der Waals surface area contributed by atoms with Crippen LogP contribution in [0.15, 0.2) is 18.2 Å². The van der Waals surface area contributed by atoms with E-state index in [0.717, 1.165) is 5.56 Å². The highest BCUT2D eigenvalue weighted by Gasteiger charge is 2.39. The van der Waals surface area contributed by atoms with Crippen molar-refractivity contribution in [3.05, 3.63) is 23.8 Å². The van der Waals surface area contributed by atoms with Gasteiger partial charge in [0.1, 0.15) is 0 Å². The van der Waals surface area contributed by atoms with Crippen molar-refractivity contribution in [2.45, 2.75) is 39.2 Å². The Morgan fingerprint density at radius 2 is 1.76 bits per heavy atom. The molecule has 8 nitrogen and oxygen atoms in total. The quantitative estimate of drug-likeness (QED) is 0.632. The van der Waals surface area contributed by atoms with Gasteiger partial charge in [-0.05, 0) is 38.5 Å². The van der Waals surface area contributed by atoms with Crippen molar-refractivity contribution in [1.82, 2.24) is 15.5 Å². The number of carbonyl (C=O) groups excluding carboxylic acids is 3. The number of carbonyl (C=O) groups is 3. The van der Waals surface area contributed by atoms with E-state index in [1.807, 2.05) is 20.8 Å². The second kappa shape index (κ2) is 9.62. The molecule has 1 atom stereocenters. The molecule has 1 unspecified atom stereocenters. The summed E-state index contributed by atoms with van der Waals surface area (Å²) in [5.41, 5.74) is 0.514. The van der Waals surface area contributed by atoms with E-state index in [0.29, 0.717) is 31.1 Å². The van der Waals surface area contributed by atoms with Crippen LogP contribution in [0.1, 0.15) is 32.8 Å². The van der Waals surface area contributed by atoms with Crippen molar-refractivity contribution in [3.8, 4) is 11.5 Å². The molecule has 0 bridgehead atoms. The number of hydrogen-bond acceptors (Lipinski definition) is 5. The van der Waals surface area contributed by atoms with E-state index < -0.39 is 0 Å². The minimum atomic E-state index is -0.343. The highest BCUT2D eigenvalue weighted by Crippen LogP contribution is 2.28. The molecule has 0 spiro atoms. The SMILES string of the molecule is COc1ccc(CC(=O)NCCNC(=O)C2CC(=O)N(C(C)(C)C)C2)cc1OC. The van der Waals surface area contributed by atoms with Crippen LogP contribution in [0.4, 0.5) is 0 Å². The number of benzene rings is 1. The lowest BCUT2D eigenvalue weighted by atomic mass is 10.1. The molecular weight excluding hydrogens is 374 g/mol. The van der Waals surface area contributed by atoms with E-state index in [-0.39, 0.29) is 42.0 Å². The van der Waals surface area contributed by atoms with Crippen molar-refractivity contribution in [2.24, 2.45) is 5.92 Å². The molecule has 1 aromatic carbocycles. The zero-order chi connectivity index (χ0) is 21.6. The van der Waals surface area contributed by atoms with Gasteiger partial charge in [0.2, 0.25) is 17.7 Å². The summed E-state index contributed by atoms with van der Waals surface area (Å²) in [5.74, 6) is 0.529. The maximum Gasteiger partial charge on any atom is 0.225 e. The van der Waals surface area contributed by atoms with Crippen LogP contribution >= 0.6 is 0 Å². The summed E-state index contributed by atoms with van der Waals surface area (Å²) in [6.45, 7) is 6.94. The van der Waals surface area contributed by atoms with Gasteiger partial charge in [-0.2, -0.15) is 0 Å². The zero-order valence-corrected chi connectivity index (χ0v) is 17.8. The van der Waals surface area contributed by atoms with E-state index >= 15 is 0 Å². The number of hydrogen-bond donors (Lipinski definition) is 2. The van der Waals surface area contributed by atoms with Gasteiger partial charge in [-0.3, -0.25) is 14.4 Å². The largest absolute Gasteiger partial charge is 0.493 e. The lowest BCUT2D eigenvalue weighted by Gasteiger charge is -2.31. The first-order valence-corrected chi connectivity index (χ1v) is 9.71. The summed E-state index contributed by atoms with van der Waals surface area (Å²) in [6, 6.07) is 5.32. The first-order chi connectivity index (χ1) is 13.7. The molecule has 0 radical (unpaired) electrons. The Kier molecular flexibility index (Phi) is 7.47. The molecule has 0 aromatic heterocycles. The molecule has 0 aliphatic carbocycles. The van der Waals surface area contributed by atoms with Crippen molar-refractivity contribution >= 4 is 17.7 Å². The Labute approximate surface area is 171 Å². The highest BCUT2D eigenvalue weighted by atomic mass is 16.5. The number of nitrogens with one attached hydrogen (secondary N) is 2. The lowest BCUT2D eigenvalue weighted by molar-refractivity contribution is -0.132. The van der Waals surface area contributed by atoms with Crippen LogP contribution in [-0.2, 0) is 20.8 Å². The molecule has 1 fully saturated rings. The van der Waals surface area contributed by atoms with Crippen molar-refractivity contribution in [3.63, 3.8) is 0 Å². The summed E-state index contributed by atoms with van der Waals surface area (Å²) in [5, 5.41) is 5.58. The Hall–Kier alpha value is -2.77. The average Bonchev–Trinajstić information content (AvgIpc) is 3.07. The van der Waals surface area contributed by atoms with Crippen LogP contribution in [0.25, 0.3) is 0 Å². The number of rotatable bonds is 8. The van der Waals surface area contributed by atoms with Gasteiger partial charge in [-0.1, -0.05) is 6.07 Å². The van der Waals surface area contributed by atoms with Crippen LogP contribution in [0, 0.1) is 5.92 Å². The fourth-order valence-corrected chi connectivity index (χ4v) is 3.30. The summed E-state index contributed by atoms with van der Waals surface area (Å²) in [6.07, 6.45) is 0.431. The second-order valence-corrected chi connectivity index (χ2v) is 8.08. The number of likely N-dealkylation sites (tertiary alicyclic amines) is 1. The zero-order valence-electron chi connectivity index (χ0n) is 17.8. The predicted octanol–water partition coefficient (Wildman–Crippen LogP) is 1.13. The van der Waals surface area contributed by atoms with Gasteiger partial charge in [0.15, 0.2) is 11.5 Å². The van der Waals surface area contributed by atoms with Crippen molar-refractivity contribution in [1.29, 1.82) is 0 Å². The molecule has 1 aliphatic rings. The third-order valence-electron chi connectivity index (χ3n) is 4.86. The Morgan fingerprint density at radius 3 is 2.34 bits per heavy atom. The van der Waals surface area contributed by atoms with Crippen LogP contribution in [-0.4, -0.2) is 62.0 Å². The fourth-order valence-electron chi connectivity index (χ4n) is 3.30. The minimum absolute atomic E-state index is 0.000808. The Morgan fingerprint density at radius 1 is 1.10 bits per heavy atom. The molecular formula is C21H31N3O5.